The van der Waals surface area contributed by atoms with Gasteiger partial charge < -0.3 is 10.3 Å². The molecule has 130 valence electrons. The van der Waals surface area contributed by atoms with Crippen LogP contribution >= 0.6 is 0 Å². The van der Waals surface area contributed by atoms with Gasteiger partial charge in [-0.25, -0.2) is 15.0 Å². The summed E-state index contributed by atoms with van der Waals surface area (Å²) in [6.45, 7) is 4.26. The lowest BCUT2D eigenvalue weighted by Gasteiger charge is -2.08. The fraction of sp³-hybridized carbons (Fsp3) is 0.389. The molecule has 0 spiro atoms. The molecule has 0 radical (unpaired) electrons. The normalized spacial score (nSPS) is 11.3. The van der Waals surface area contributed by atoms with Gasteiger partial charge in [0.2, 0.25) is 5.91 Å². The van der Waals surface area contributed by atoms with Crippen LogP contribution in [0.5, 0.6) is 0 Å². The van der Waals surface area contributed by atoms with Crippen molar-refractivity contribution in [3.63, 3.8) is 0 Å². The van der Waals surface area contributed by atoms with Crippen molar-refractivity contribution in [2.75, 3.05) is 0 Å². The minimum Gasteiger partial charge on any atom is -0.370 e. The van der Waals surface area contributed by atoms with E-state index in [9.17, 15) is 4.79 Å². The van der Waals surface area contributed by atoms with Crippen molar-refractivity contribution >= 4 is 16.9 Å². The maximum atomic E-state index is 10.8. The first-order valence-corrected chi connectivity index (χ1v) is 8.43. The van der Waals surface area contributed by atoms with Crippen LogP contribution in [0.1, 0.15) is 49.9 Å². The molecule has 3 aromatic rings. The molecule has 0 fully saturated rings. The quantitative estimate of drug-likeness (QED) is 0.712. The fourth-order valence-corrected chi connectivity index (χ4v) is 2.75. The molecule has 0 bridgehead atoms. The summed E-state index contributed by atoms with van der Waals surface area (Å²) in [5, 5.41) is 0. The summed E-state index contributed by atoms with van der Waals surface area (Å²) in [4.78, 5) is 28.5. The third kappa shape index (κ3) is 4.17. The van der Waals surface area contributed by atoms with Gasteiger partial charge in [-0.05, 0) is 32.4 Å². The Morgan fingerprint density at radius 2 is 2.08 bits per heavy atom. The molecule has 0 saturated heterocycles. The zero-order valence-corrected chi connectivity index (χ0v) is 14.5. The minimum atomic E-state index is -0.296. The second-order valence-electron chi connectivity index (χ2n) is 6.37. The molecule has 0 unspecified atom stereocenters. The van der Waals surface area contributed by atoms with Gasteiger partial charge in [0.15, 0.2) is 0 Å². The number of carbonyl (C=O) groups is 1. The van der Waals surface area contributed by atoms with Crippen LogP contribution in [0.15, 0.2) is 30.9 Å². The topological polar surface area (TPSA) is 99.6 Å². The molecule has 7 nitrogen and oxygen atoms in total. The highest BCUT2D eigenvalue weighted by Gasteiger charge is 2.09. The predicted molar refractivity (Wildman–Crippen MR) is 94.9 cm³/mol. The number of primary amides is 1. The molecule has 25 heavy (non-hydrogen) atoms. The zero-order valence-electron chi connectivity index (χ0n) is 14.5. The molecular weight excluding hydrogens is 316 g/mol. The number of aromatic nitrogens is 5. The van der Waals surface area contributed by atoms with Crippen molar-refractivity contribution in [2.45, 2.75) is 45.6 Å². The Morgan fingerprint density at radius 3 is 2.84 bits per heavy atom. The summed E-state index contributed by atoms with van der Waals surface area (Å²) in [5.74, 6) is 0.433. The lowest BCUT2D eigenvalue weighted by Crippen LogP contribution is -2.10. The number of hydrogen-bond acceptors (Lipinski definition) is 5. The van der Waals surface area contributed by atoms with Gasteiger partial charge in [0.1, 0.15) is 11.3 Å². The van der Waals surface area contributed by atoms with Gasteiger partial charge in [0.05, 0.1) is 23.7 Å². The highest BCUT2D eigenvalue weighted by molar-refractivity contribution is 5.75. The molecule has 3 aromatic heterocycles. The fourth-order valence-electron chi connectivity index (χ4n) is 2.75. The maximum absolute atomic E-state index is 10.8. The summed E-state index contributed by atoms with van der Waals surface area (Å²) in [6.07, 6.45) is 7.69. The number of rotatable bonds is 7. The molecule has 7 heteroatoms. The van der Waals surface area contributed by atoms with Crippen molar-refractivity contribution in [3.05, 3.63) is 48.1 Å². The molecular formula is C18H22N6O. The number of amides is 1. The van der Waals surface area contributed by atoms with Gasteiger partial charge in [0, 0.05) is 37.2 Å². The molecule has 3 heterocycles. The van der Waals surface area contributed by atoms with E-state index in [-0.39, 0.29) is 5.91 Å². The summed E-state index contributed by atoms with van der Waals surface area (Å²) in [5.41, 5.74) is 8.99. The number of fused-ring (bicyclic) bond motifs is 1. The second kappa shape index (κ2) is 7.38. The van der Waals surface area contributed by atoms with Crippen LogP contribution in [0.3, 0.4) is 0 Å². The van der Waals surface area contributed by atoms with Gasteiger partial charge in [-0.15, -0.1) is 0 Å². The average Bonchev–Trinajstić information content (AvgIpc) is 2.98. The van der Waals surface area contributed by atoms with Crippen molar-refractivity contribution in [1.29, 1.82) is 0 Å². The SMILES string of the molecule is CC(C)n1cnc2cnc(Cc3ccnc(CCCC(N)=O)n3)cc21. The van der Waals surface area contributed by atoms with Crippen LogP contribution < -0.4 is 5.73 Å². The Bertz CT molecular complexity index is 886. The van der Waals surface area contributed by atoms with E-state index in [1.54, 1.807) is 12.4 Å². The summed E-state index contributed by atoms with van der Waals surface area (Å²) >= 11 is 0. The van der Waals surface area contributed by atoms with Crippen molar-refractivity contribution in [3.8, 4) is 0 Å². The standard InChI is InChI=1S/C18H22N6O/c1-12(2)24-11-22-15-10-21-14(9-16(15)24)8-13-6-7-20-18(23-13)5-3-4-17(19)25/h6-7,9-12H,3-5,8H2,1-2H3,(H2,19,25). The number of carbonyl (C=O) groups excluding carboxylic acids is 1. The minimum absolute atomic E-state index is 0.296. The van der Waals surface area contributed by atoms with Crippen LogP contribution in [-0.4, -0.2) is 30.4 Å². The van der Waals surface area contributed by atoms with Crippen molar-refractivity contribution in [2.24, 2.45) is 5.73 Å². The van der Waals surface area contributed by atoms with E-state index in [0.29, 0.717) is 31.7 Å². The van der Waals surface area contributed by atoms with Crippen LogP contribution in [-0.2, 0) is 17.6 Å². The van der Waals surface area contributed by atoms with E-state index >= 15 is 0 Å². The Kier molecular flexibility index (Phi) is 5.02. The first-order chi connectivity index (χ1) is 12.0. The van der Waals surface area contributed by atoms with Crippen LogP contribution in [0.2, 0.25) is 0 Å². The van der Waals surface area contributed by atoms with Crippen molar-refractivity contribution in [1.82, 2.24) is 24.5 Å². The largest absolute Gasteiger partial charge is 0.370 e. The van der Waals surface area contributed by atoms with Gasteiger partial charge in [-0.1, -0.05) is 0 Å². The number of imidazole rings is 1. The van der Waals surface area contributed by atoms with Crippen LogP contribution in [0.25, 0.3) is 11.0 Å². The van der Waals surface area contributed by atoms with Crippen LogP contribution in [0.4, 0.5) is 0 Å². The highest BCUT2D eigenvalue weighted by Crippen LogP contribution is 2.18. The first kappa shape index (κ1) is 17.0. The Morgan fingerprint density at radius 1 is 1.24 bits per heavy atom. The zero-order chi connectivity index (χ0) is 17.8. The van der Waals surface area contributed by atoms with E-state index in [2.05, 4.69) is 44.4 Å². The third-order valence-electron chi connectivity index (χ3n) is 4.02. The molecule has 0 saturated carbocycles. The van der Waals surface area contributed by atoms with Gasteiger partial charge in [-0.2, -0.15) is 0 Å². The molecule has 0 aliphatic heterocycles. The Labute approximate surface area is 146 Å². The second-order valence-corrected chi connectivity index (χ2v) is 6.37. The Hall–Kier alpha value is -2.83. The Balaban J connectivity index is 1.76. The highest BCUT2D eigenvalue weighted by atomic mass is 16.1. The molecule has 0 aromatic carbocycles. The van der Waals surface area contributed by atoms with Crippen LogP contribution in [0, 0.1) is 0 Å². The number of nitrogens with two attached hydrogens (primary N) is 1. The summed E-state index contributed by atoms with van der Waals surface area (Å²) in [7, 11) is 0. The molecule has 1 amide bonds. The predicted octanol–water partition coefficient (Wildman–Crippen LogP) is 2.20. The molecule has 0 atom stereocenters. The average molecular weight is 338 g/mol. The van der Waals surface area contributed by atoms with Gasteiger partial charge in [0.25, 0.3) is 0 Å². The molecule has 3 rings (SSSR count). The van der Waals surface area contributed by atoms with E-state index in [1.165, 1.54) is 0 Å². The van der Waals surface area contributed by atoms with Gasteiger partial charge >= 0.3 is 0 Å². The molecule has 0 aliphatic rings. The molecule has 0 aliphatic carbocycles. The number of hydrogen-bond donors (Lipinski definition) is 1. The lowest BCUT2D eigenvalue weighted by atomic mass is 10.2. The molecule has 2 N–H and O–H groups in total. The number of pyridine rings is 1. The van der Waals surface area contributed by atoms with E-state index in [0.717, 1.165) is 28.2 Å². The monoisotopic (exact) mass is 338 g/mol. The first-order valence-electron chi connectivity index (χ1n) is 8.43. The lowest BCUT2D eigenvalue weighted by molar-refractivity contribution is -0.118. The smallest absolute Gasteiger partial charge is 0.217 e. The summed E-state index contributed by atoms with van der Waals surface area (Å²) < 4.78 is 2.13. The third-order valence-corrected chi connectivity index (χ3v) is 4.02. The number of aryl methyl sites for hydroxylation is 1. The maximum Gasteiger partial charge on any atom is 0.217 e. The van der Waals surface area contributed by atoms with E-state index in [4.69, 9.17) is 5.73 Å². The van der Waals surface area contributed by atoms with E-state index in [1.807, 2.05) is 12.4 Å². The summed E-state index contributed by atoms with van der Waals surface area (Å²) in [6, 6.07) is 4.30. The number of nitrogens with zero attached hydrogens (tertiary/aromatic N) is 5. The van der Waals surface area contributed by atoms with Crippen molar-refractivity contribution < 1.29 is 4.79 Å². The van der Waals surface area contributed by atoms with E-state index < -0.39 is 0 Å². The van der Waals surface area contributed by atoms with Gasteiger partial charge in [-0.3, -0.25) is 9.78 Å².